The number of nitrogens with two attached hydrogens (primary N) is 1. The molecule has 3 nitrogen and oxygen atoms in total. The van der Waals surface area contributed by atoms with Gasteiger partial charge < -0.3 is 10.2 Å². The van der Waals surface area contributed by atoms with Crippen LogP contribution in [0.5, 0.6) is 0 Å². The van der Waals surface area contributed by atoms with Crippen LogP contribution in [0.4, 0.5) is 0 Å². The molecule has 0 aromatic carbocycles. The summed E-state index contributed by atoms with van der Waals surface area (Å²) in [5.41, 5.74) is 6.33. The topological polar surface area (TPSA) is 52.0 Å². The van der Waals surface area contributed by atoms with Crippen molar-refractivity contribution >= 4 is 0 Å². The van der Waals surface area contributed by atoms with E-state index in [0.29, 0.717) is 6.54 Å². The zero-order valence-corrected chi connectivity index (χ0v) is 6.84. The summed E-state index contributed by atoms with van der Waals surface area (Å²) < 4.78 is 5.19. The Morgan fingerprint density at radius 2 is 2.36 bits per heavy atom. The minimum atomic E-state index is 0.637. The molecule has 0 spiro atoms. The van der Waals surface area contributed by atoms with Gasteiger partial charge in [-0.05, 0) is 13.0 Å². The van der Waals surface area contributed by atoms with Crippen molar-refractivity contribution < 1.29 is 4.42 Å². The third-order valence-corrected chi connectivity index (χ3v) is 1.46. The molecule has 0 fully saturated rings. The lowest BCUT2D eigenvalue weighted by Crippen LogP contribution is -2.02. The first-order valence-electron chi connectivity index (χ1n) is 4.00. The zero-order chi connectivity index (χ0) is 8.10. The number of nitrogens with zero attached hydrogens (tertiary/aromatic N) is 1. The van der Waals surface area contributed by atoms with E-state index in [1.807, 2.05) is 0 Å². The van der Waals surface area contributed by atoms with Gasteiger partial charge in [0.15, 0.2) is 5.89 Å². The quantitative estimate of drug-likeness (QED) is 0.707. The minimum absolute atomic E-state index is 0.637. The molecule has 0 saturated carbocycles. The summed E-state index contributed by atoms with van der Waals surface area (Å²) in [4.78, 5) is 4.24. The SMILES string of the molecule is CCCc1nc(CCN)co1. The first kappa shape index (κ1) is 8.27. The molecule has 0 saturated heterocycles. The molecule has 62 valence electrons. The summed E-state index contributed by atoms with van der Waals surface area (Å²) in [7, 11) is 0. The normalized spacial score (nSPS) is 10.4. The summed E-state index contributed by atoms with van der Waals surface area (Å²) >= 11 is 0. The van der Waals surface area contributed by atoms with E-state index in [2.05, 4.69) is 11.9 Å². The maximum Gasteiger partial charge on any atom is 0.194 e. The average molecular weight is 154 g/mol. The van der Waals surface area contributed by atoms with Gasteiger partial charge in [-0.3, -0.25) is 0 Å². The maximum absolute atomic E-state index is 5.36. The van der Waals surface area contributed by atoms with E-state index in [4.69, 9.17) is 10.2 Å². The Morgan fingerprint density at radius 3 is 3.00 bits per heavy atom. The standard InChI is InChI=1S/C8H14N2O/c1-2-3-8-10-7(4-5-9)6-11-8/h6H,2-5,9H2,1H3. The summed E-state index contributed by atoms with van der Waals surface area (Å²) in [6.45, 7) is 2.74. The molecule has 1 heterocycles. The lowest BCUT2D eigenvalue weighted by Gasteiger charge is -1.87. The molecular weight excluding hydrogens is 140 g/mol. The van der Waals surface area contributed by atoms with Crippen LogP contribution in [0, 0.1) is 0 Å². The van der Waals surface area contributed by atoms with E-state index in [0.717, 1.165) is 30.8 Å². The largest absolute Gasteiger partial charge is 0.449 e. The van der Waals surface area contributed by atoms with Crippen LogP contribution in [0.15, 0.2) is 10.7 Å². The second-order valence-electron chi connectivity index (χ2n) is 2.52. The molecule has 1 aromatic heterocycles. The molecule has 0 bridgehead atoms. The van der Waals surface area contributed by atoms with E-state index in [1.165, 1.54) is 0 Å². The van der Waals surface area contributed by atoms with Crippen molar-refractivity contribution in [3.8, 4) is 0 Å². The Balaban J connectivity index is 2.51. The third-order valence-electron chi connectivity index (χ3n) is 1.46. The van der Waals surface area contributed by atoms with E-state index in [-0.39, 0.29) is 0 Å². The molecule has 0 radical (unpaired) electrons. The molecule has 0 unspecified atom stereocenters. The first-order chi connectivity index (χ1) is 5.36. The molecule has 1 aromatic rings. The molecule has 0 atom stereocenters. The van der Waals surface area contributed by atoms with Gasteiger partial charge in [-0.2, -0.15) is 0 Å². The van der Waals surface area contributed by atoms with Crippen molar-refractivity contribution in [2.24, 2.45) is 5.73 Å². The summed E-state index contributed by atoms with van der Waals surface area (Å²) in [5, 5.41) is 0. The highest BCUT2D eigenvalue weighted by Gasteiger charge is 2.00. The zero-order valence-electron chi connectivity index (χ0n) is 6.84. The highest BCUT2D eigenvalue weighted by molar-refractivity contribution is 4.96. The van der Waals surface area contributed by atoms with Crippen LogP contribution in [0.2, 0.25) is 0 Å². The fourth-order valence-electron chi connectivity index (χ4n) is 0.940. The lowest BCUT2D eigenvalue weighted by atomic mass is 10.3. The highest BCUT2D eigenvalue weighted by Crippen LogP contribution is 2.04. The predicted octanol–water partition coefficient (Wildman–Crippen LogP) is 1.13. The van der Waals surface area contributed by atoms with Crippen molar-refractivity contribution in [3.63, 3.8) is 0 Å². The van der Waals surface area contributed by atoms with Crippen LogP contribution >= 0.6 is 0 Å². The highest BCUT2D eigenvalue weighted by atomic mass is 16.3. The molecular formula is C8H14N2O. The van der Waals surface area contributed by atoms with Crippen molar-refractivity contribution in [1.82, 2.24) is 4.98 Å². The lowest BCUT2D eigenvalue weighted by molar-refractivity contribution is 0.491. The Bertz CT molecular complexity index is 187. The number of aryl methyl sites for hydroxylation is 1. The number of aromatic nitrogens is 1. The monoisotopic (exact) mass is 154 g/mol. The fraction of sp³-hybridized carbons (Fsp3) is 0.625. The van der Waals surface area contributed by atoms with Gasteiger partial charge in [-0.25, -0.2) is 4.98 Å². The molecule has 2 N–H and O–H groups in total. The smallest absolute Gasteiger partial charge is 0.194 e. The van der Waals surface area contributed by atoms with Gasteiger partial charge in [0.2, 0.25) is 0 Å². The second-order valence-corrected chi connectivity index (χ2v) is 2.52. The van der Waals surface area contributed by atoms with Crippen LogP contribution in [0.1, 0.15) is 24.9 Å². The van der Waals surface area contributed by atoms with Gasteiger partial charge in [0.1, 0.15) is 6.26 Å². The molecule has 0 aliphatic carbocycles. The van der Waals surface area contributed by atoms with Crippen LogP contribution in [-0.4, -0.2) is 11.5 Å². The Hall–Kier alpha value is -0.830. The van der Waals surface area contributed by atoms with Crippen LogP contribution in [0.3, 0.4) is 0 Å². The Labute approximate surface area is 66.6 Å². The average Bonchev–Trinajstić information content (AvgIpc) is 2.38. The molecule has 0 amide bonds. The van der Waals surface area contributed by atoms with Gasteiger partial charge in [-0.1, -0.05) is 6.92 Å². The van der Waals surface area contributed by atoms with Crippen molar-refractivity contribution in [1.29, 1.82) is 0 Å². The number of hydrogen-bond acceptors (Lipinski definition) is 3. The Morgan fingerprint density at radius 1 is 1.55 bits per heavy atom. The van der Waals surface area contributed by atoms with Gasteiger partial charge in [0, 0.05) is 12.8 Å². The molecule has 0 aliphatic heterocycles. The number of hydrogen-bond donors (Lipinski definition) is 1. The Kier molecular flexibility index (Phi) is 3.11. The second kappa shape index (κ2) is 4.13. The van der Waals surface area contributed by atoms with Gasteiger partial charge >= 0.3 is 0 Å². The van der Waals surface area contributed by atoms with Crippen LogP contribution in [0.25, 0.3) is 0 Å². The third kappa shape index (κ3) is 2.35. The summed E-state index contributed by atoms with van der Waals surface area (Å²) in [5.74, 6) is 0.830. The molecule has 1 rings (SSSR count). The first-order valence-corrected chi connectivity index (χ1v) is 4.00. The molecule has 11 heavy (non-hydrogen) atoms. The predicted molar refractivity (Wildman–Crippen MR) is 43.3 cm³/mol. The van der Waals surface area contributed by atoms with E-state index < -0.39 is 0 Å². The van der Waals surface area contributed by atoms with E-state index in [1.54, 1.807) is 6.26 Å². The summed E-state index contributed by atoms with van der Waals surface area (Å²) in [6, 6.07) is 0. The molecule has 0 aliphatic rings. The van der Waals surface area contributed by atoms with Crippen LogP contribution in [-0.2, 0) is 12.8 Å². The summed E-state index contributed by atoms with van der Waals surface area (Å²) in [6.07, 6.45) is 4.50. The van der Waals surface area contributed by atoms with Gasteiger partial charge in [0.25, 0.3) is 0 Å². The van der Waals surface area contributed by atoms with Gasteiger partial charge in [0.05, 0.1) is 5.69 Å². The minimum Gasteiger partial charge on any atom is -0.449 e. The molecule has 3 heteroatoms. The van der Waals surface area contributed by atoms with Crippen molar-refractivity contribution in [2.45, 2.75) is 26.2 Å². The van der Waals surface area contributed by atoms with Crippen LogP contribution < -0.4 is 5.73 Å². The van der Waals surface area contributed by atoms with E-state index in [9.17, 15) is 0 Å². The number of rotatable bonds is 4. The van der Waals surface area contributed by atoms with Gasteiger partial charge in [-0.15, -0.1) is 0 Å². The van der Waals surface area contributed by atoms with Crippen molar-refractivity contribution in [3.05, 3.63) is 17.8 Å². The van der Waals surface area contributed by atoms with E-state index >= 15 is 0 Å². The van der Waals surface area contributed by atoms with Crippen molar-refractivity contribution in [2.75, 3.05) is 6.54 Å². The fourth-order valence-corrected chi connectivity index (χ4v) is 0.940. The maximum atomic E-state index is 5.36. The number of oxazole rings is 1.